The van der Waals surface area contributed by atoms with Crippen molar-refractivity contribution in [2.24, 2.45) is 7.05 Å². The van der Waals surface area contributed by atoms with Gasteiger partial charge in [-0.05, 0) is 25.8 Å². The number of anilines is 1. The number of hydrogen-bond donors (Lipinski definition) is 1. The number of piperidine rings is 1. The van der Waals surface area contributed by atoms with Gasteiger partial charge >= 0.3 is 0 Å². The molecule has 26 heavy (non-hydrogen) atoms. The van der Waals surface area contributed by atoms with E-state index in [9.17, 15) is 9.59 Å². The smallest absolute Gasteiger partial charge is 0.268 e. The first-order valence-electron chi connectivity index (χ1n) is 9.42. The largest absolute Gasteiger partial charge is 0.374 e. The molecular formula is C18H29N5O3. The number of nitrogens with zero attached hydrogens (tertiary/aromatic N) is 4. The van der Waals surface area contributed by atoms with E-state index < -0.39 is 0 Å². The van der Waals surface area contributed by atoms with Gasteiger partial charge in [0.15, 0.2) is 0 Å². The minimum atomic E-state index is -0.0934. The summed E-state index contributed by atoms with van der Waals surface area (Å²) in [7, 11) is 1.65. The lowest BCUT2D eigenvalue weighted by molar-refractivity contribution is -0.129. The van der Waals surface area contributed by atoms with Crippen LogP contribution >= 0.6 is 0 Å². The fourth-order valence-electron chi connectivity index (χ4n) is 3.61. The third kappa shape index (κ3) is 4.82. The first kappa shape index (κ1) is 18.8. The second kappa shape index (κ2) is 8.64. The number of carbonyl (C=O) groups excluding carboxylic acids is 1. The van der Waals surface area contributed by atoms with Gasteiger partial charge in [-0.15, -0.1) is 0 Å². The lowest BCUT2D eigenvalue weighted by Crippen LogP contribution is -2.46. The van der Waals surface area contributed by atoms with Gasteiger partial charge in [-0.2, -0.15) is 5.10 Å². The first-order chi connectivity index (χ1) is 12.5. The van der Waals surface area contributed by atoms with E-state index >= 15 is 0 Å². The van der Waals surface area contributed by atoms with E-state index in [0.29, 0.717) is 12.6 Å². The fourth-order valence-corrected chi connectivity index (χ4v) is 3.61. The molecule has 3 rings (SSSR count). The zero-order chi connectivity index (χ0) is 18.5. The monoisotopic (exact) mass is 363 g/mol. The summed E-state index contributed by atoms with van der Waals surface area (Å²) in [5, 5.41) is 7.70. The molecule has 8 nitrogen and oxygen atoms in total. The van der Waals surface area contributed by atoms with Gasteiger partial charge in [0.05, 0.1) is 24.6 Å². The van der Waals surface area contributed by atoms with E-state index in [2.05, 4.69) is 15.3 Å². The van der Waals surface area contributed by atoms with Gasteiger partial charge in [-0.1, -0.05) is 0 Å². The summed E-state index contributed by atoms with van der Waals surface area (Å²) in [5.74, 6) is 0.171. The average molecular weight is 363 g/mol. The van der Waals surface area contributed by atoms with Crippen molar-refractivity contribution in [2.45, 2.75) is 38.3 Å². The number of aromatic nitrogens is 2. The highest BCUT2D eigenvalue weighted by Crippen LogP contribution is 2.16. The highest BCUT2D eigenvalue weighted by molar-refractivity contribution is 5.73. The Morgan fingerprint density at radius 2 is 2.12 bits per heavy atom. The summed E-state index contributed by atoms with van der Waals surface area (Å²) in [6.45, 7) is 6.45. The fraction of sp³-hybridized carbons (Fsp3) is 0.722. The van der Waals surface area contributed by atoms with Gasteiger partial charge in [0.1, 0.15) is 0 Å². The van der Waals surface area contributed by atoms with Crippen LogP contribution in [0.2, 0.25) is 0 Å². The van der Waals surface area contributed by atoms with Gasteiger partial charge < -0.3 is 19.9 Å². The normalized spacial score (nSPS) is 21.8. The van der Waals surface area contributed by atoms with Crippen molar-refractivity contribution in [3.63, 3.8) is 0 Å². The Morgan fingerprint density at radius 1 is 1.35 bits per heavy atom. The van der Waals surface area contributed by atoms with E-state index in [0.717, 1.165) is 57.7 Å². The van der Waals surface area contributed by atoms with Crippen molar-refractivity contribution in [1.82, 2.24) is 20.0 Å². The van der Waals surface area contributed by atoms with Crippen molar-refractivity contribution in [3.8, 4) is 0 Å². The molecule has 144 valence electrons. The van der Waals surface area contributed by atoms with Crippen molar-refractivity contribution in [2.75, 3.05) is 44.2 Å². The van der Waals surface area contributed by atoms with E-state index in [4.69, 9.17) is 4.74 Å². The Labute approximate surface area is 154 Å². The summed E-state index contributed by atoms with van der Waals surface area (Å²) in [5.41, 5.74) is 0.773. The molecular weight excluding hydrogens is 334 g/mol. The number of carbonyl (C=O) groups is 1. The number of hydrogen-bond acceptors (Lipinski definition) is 6. The Hall–Kier alpha value is -1.93. The summed E-state index contributed by atoms with van der Waals surface area (Å²) >= 11 is 0. The zero-order valence-electron chi connectivity index (χ0n) is 15.7. The molecule has 3 heterocycles. The zero-order valence-corrected chi connectivity index (χ0v) is 15.7. The molecule has 2 saturated heterocycles. The van der Waals surface area contributed by atoms with Crippen molar-refractivity contribution >= 4 is 11.6 Å². The second-order valence-corrected chi connectivity index (χ2v) is 7.14. The van der Waals surface area contributed by atoms with Crippen LogP contribution in [0.15, 0.2) is 17.1 Å². The average Bonchev–Trinajstić information content (AvgIpc) is 2.65. The molecule has 1 amide bonds. The molecule has 0 saturated carbocycles. The second-order valence-electron chi connectivity index (χ2n) is 7.14. The quantitative estimate of drug-likeness (QED) is 0.792. The van der Waals surface area contributed by atoms with Gasteiger partial charge in [-0.25, -0.2) is 4.68 Å². The maximum atomic E-state index is 11.8. The van der Waals surface area contributed by atoms with Crippen LogP contribution < -0.4 is 15.8 Å². The van der Waals surface area contributed by atoms with Gasteiger partial charge in [0.25, 0.3) is 5.56 Å². The molecule has 0 aliphatic carbocycles. The summed E-state index contributed by atoms with van der Waals surface area (Å²) in [4.78, 5) is 27.2. The van der Waals surface area contributed by atoms with Crippen LogP contribution in [0, 0.1) is 0 Å². The molecule has 0 bridgehead atoms. The number of amides is 1. The van der Waals surface area contributed by atoms with Gasteiger partial charge in [0.2, 0.25) is 5.91 Å². The molecule has 0 aromatic carbocycles. The van der Waals surface area contributed by atoms with Crippen molar-refractivity contribution < 1.29 is 9.53 Å². The Kier molecular flexibility index (Phi) is 6.26. The third-order valence-corrected chi connectivity index (χ3v) is 5.30. The Morgan fingerprint density at radius 3 is 2.81 bits per heavy atom. The lowest BCUT2D eigenvalue weighted by Gasteiger charge is -2.35. The number of ether oxygens (including phenoxy) is 1. The molecule has 1 N–H and O–H groups in total. The minimum Gasteiger partial charge on any atom is -0.374 e. The molecule has 0 radical (unpaired) electrons. The predicted octanol–water partition coefficient (Wildman–Crippen LogP) is -0.0239. The van der Waals surface area contributed by atoms with E-state index in [1.165, 1.54) is 4.68 Å². The maximum Gasteiger partial charge on any atom is 0.268 e. The summed E-state index contributed by atoms with van der Waals surface area (Å²) in [6, 6.07) is 2.11. The molecule has 0 spiro atoms. The number of nitrogens with one attached hydrogen (secondary N) is 1. The van der Waals surface area contributed by atoms with E-state index in [1.54, 1.807) is 26.2 Å². The van der Waals surface area contributed by atoms with Crippen molar-refractivity contribution in [3.05, 3.63) is 22.6 Å². The molecule has 2 aliphatic rings. The van der Waals surface area contributed by atoms with Crippen LogP contribution in [0.4, 0.5) is 5.69 Å². The molecule has 1 aromatic heterocycles. The van der Waals surface area contributed by atoms with Gasteiger partial charge in [-0.3, -0.25) is 9.59 Å². The molecule has 1 atom stereocenters. The summed E-state index contributed by atoms with van der Waals surface area (Å²) < 4.78 is 7.22. The SMILES string of the molecule is CC(=O)N1CCC(NCC[C@H]2CN(c3cnn(C)c(=O)c3)CCO2)CC1. The van der Waals surface area contributed by atoms with Crippen LogP contribution in [0.25, 0.3) is 0 Å². The lowest BCUT2D eigenvalue weighted by atomic mass is 10.0. The number of aryl methyl sites for hydroxylation is 1. The minimum absolute atomic E-state index is 0.0934. The standard InChI is InChI=1S/C18H29N5O3/c1-14(24)22-7-4-15(5-8-22)19-6-3-17-13-23(9-10-26-17)16-11-18(25)21(2)20-12-16/h11-12,15,17,19H,3-10,13H2,1-2H3/t17-/m0/s1. The molecule has 8 heteroatoms. The number of rotatable bonds is 5. The molecule has 2 fully saturated rings. The van der Waals surface area contributed by atoms with Crippen molar-refractivity contribution in [1.29, 1.82) is 0 Å². The highest BCUT2D eigenvalue weighted by atomic mass is 16.5. The Balaban J connectivity index is 1.42. The van der Waals surface area contributed by atoms with Crippen LogP contribution in [-0.2, 0) is 16.6 Å². The van der Waals surface area contributed by atoms with E-state index in [1.807, 2.05) is 4.90 Å². The predicted molar refractivity (Wildman–Crippen MR) is 99.3 cm³/mol. The maximum absolute atomic E-state index is 11.8. The van der Waals surface area contributed by atoms with Crippen LogP contribution in [0.5, 0.6) is 0 Å². The van der Waals surface area contributed by atoms with Crippen LogP contribution in [0.1, 0.15) is 26.2 Å². The summed E-state index contributed by atoms with van der Waals surface area (Å²) in [6.07, 6.45) is 4.84. The van der Waals surface area contributed by atoms with E-state index in [-0.39, 0.29) is 17.6 Å². The van der Waals surface area contributed by atoms with Crippen LogP contribution in [-0.4, -0.2) is 72.1 Å². The molecule has 2 aliphatic heterocycles. The number of likely N-dealkylation sites (tertiary alicyclic amines) is 1. The Bertz CT molecular complexity index is 669. The molecule has 0 unspecified atom stereocenters. The van der Waals surface area contributed by atoms with Crippen LogP contribution in [0.3, 0.4) is 0 Å². The third-order valence-electron chi connectivity index (χ3n) is 5.30. The molecule has 1 aromatic rings. The van der Waals surface area contributed by atoms with Gasteiger partial charge in [0, 0.05) is 52.3 Å². The topological polar surface area (TPSA) is 79.7 Å². The highest BCUT2D eigenvalue weighted by Gasteiger charge is 2.23. The number of morpholine rings is 1. The first-order valence-corrected chi connectivity index (χ1v) is 9.42.